The number of carbonyl (C=O) groups is 3. The Morgan fingerprint density at radius 1 is 0.465 bits per heavy atom. The summed E-state index contributed by atoms with van der Waals surface area (Å²) in [5, 5.41) is 30.1. The smallest absolute Gasteiger partial charge is 0.362 e. The molecule has 0 radical (unpaired) electrons. The zero-order chi connectivity index (χ0) is 32.3. The number of quaternary nitrogens is 1. The maximum atomic E-state index is 12.3. The molecule has 3 unspecified atom stereocenters. The fourth-order valence-electron chi connectivity index (χ4n) is 6.97. The first-order valence-corrected chi connectivity index (χ1v) is 17.9. The molecule has 43 heavy (non-hydrogen) atoms. The monoisotopic (exact) mass is 611 g/mol. The summed E-state index contributed by atoms with van der Waals surface area (Å²) in [6, 6.07) is -3.21. The molecule has 0 heterocycles. The van der Waals surface area contributed by atoms with E-state index in [1.165, 1.54) is 89.9 Å². The third-order valence-electron chi connectivity index (χ3n) is 9.31. The van der Waals surface area contributed by atoms with Crippen molar-refractivity contribution in [3.8, 4) is 0 Å². The summed E-state index contributed by atoms with van der Waals surface area (Å²) in [5.74, 6) is -3.36. The van der Waals surface area contributed by atoms with Gasteiger partial charge in [0.1, 0.15) is 0 Å². The summed E-state index contributed by atoms with van der Waals surface area (Å²) in [6.07, 6.45) is 29.9. The average molecular weight is 611 g/mol. The predicted molar refractivity (Wildman–Crippen MR) is 177 cm³/mol. The van der Waals surface area contributed by atoms with Gasteiger partial charge in [-0.15, -0.1) is 0 Å². The Labute approximate surface area is 264 Å². The standard InChI is InChI=1S/C36H67NO6/c1-5-9-10-11-12-13-14-15-16-17-18-19-20-21-22-23-24-25-26-27-28-29-30-37(31(6-2)34(38)39,32(7-3)35(40)41)33(8-4)36(42)43/h23-24,31-33H,5-22,25-30H2,1-4H3,(H2-,38,39,40,41,42,43)/p+1/b24-23+. The molecule has 0 aromatic carbocycles. The largest absolute Gasteiger partial charge is 0.477 e. The number of nitrogens with zero attached hydrogens (tertiary/aromatic N) is 1. The van der Waals surface area contributed by atoms with Crippen molar-refractivity contribution in [1.29, 1.82) is 0 Å². The first-order valence-electron chi connectivity index (χ1n) is 17.9. The van der Waals surface area contributed by atoms with E-state index in [1.54, 1.807) is 20.8 Å². The molecule has 0 saturated carbocycles. The molecule has 0 fully saturated rings. The van der Waals surface area contributed by atoms with E-state index in [9.17, 15) is 29.7 Å². The summed E-state index contributed by atoms with van der Waals surface area (Å²) >= 11 is 0. The second-order valence-corrected chi connectivity index (χ2v) is 12.6. The molecule has 0 rings (SSSR count). The minimum atomic E-state index is -1.12. The Hall–Kier alpha value is -1.89. The molecule has 0 bridgehead atoms. The van der Waals surface area contributed by atoms with Gasteiger partial charge in [-0.25, -0.2) is 14.4 Å². The van der Waals surface area contributed by atoms with Crippen molar-refractivity contribution in [2.75, 3.05) is 6.54 Å². The van der Waals surface area contributed by atoms with Crippen molar-refractivity contribution in [3.63, 3.8) is 0 Å². The van der Waals surface area contributed by atoms with Gasteiger partial charge in [-0.1, -0.05) is 130 Å². The van der Waals surface area contributed by atoms with E-state index >= 15 is 0 Å². The van der Waals surface area contributed by atoms with Crippen LogP contribution >= 0.6 is 0 Å². The first-order chi connectivity index (χ1) is 20.7. The Kier molecular flexibility index (Phi) is 25.3. The lowest BCUT2D eigenvalue weighted by atomic mass is 9.94. The zero-order valence-corrected chi connectivity index (χ0v) is 28.4. The molecule has 3 atom stereocenters. The maximum absolute atomic E-state index is 12.3. The molecule has 0 saturated heterocycles. The van der Waals surface area contributed by atoms with Crippen molar-refractivity contribution in [2.45, 2.75) is 193 Å². The van der Waals surface area contributed by atoms with Crippen molar-refractivity contribution in [3.05, 3.63) is 12.2 Å². The Bertz CT molecular complexity index is 697. The van der Waals surface area contributed by atoms with Crippen LogP contribution in [-0.4, -0.2) is 62.4 Å². The molecule has 252 valence electrons. The second-order valence-electron chi connectivity index (χ2n) is 12.6. The van der Waals surface area contributed by atoms with Crippen LogP contribution in [0, 0.1) is 0 Å². The third kappa shape index (κ3) is 16.7. The van der Waals surface area contributed by atoms with Gasteiger partial charge in [0.05, 0.1) is 6.54 Å². The molecule has 0 aromatic heterocycles. The number of unbranched alkanes of at least 4 members (excludes halogenated alkanes) is 18. The van der Waals surface area contributed by atoms with Gasteiger partial charge in [0.25, 0.3) is 0 Å². The van der Waals surface area contributed by atoms with Gasteiger partial charge < -0.3 is 15.3 Å². The van der Waals surface area contributed by atoms with Crippen LogP contribution in [0.25, 0.3) is 0 Å². The molecular weight excluding hydrogens is 542 g/mol. The highest BCUT2D eigenvalue weighted by atomic mass is 16.4. The second kappa shape index (κ2) is 26.5. The van der Waals surface area contributed by atoms with Crippen molar-refractivity contribution >= 4 is 17.9 Å². The summed E-state index contributed by atoms with van der Waals surface area (Å²) in [5.41, 5.74) is 0. The number of allylic oxidation sites excluding steroid dienone is 2. The van der Waals surface area contributed by atoms with Gasteiger partial charge in [0, 0.05) is 19.3 Å². The van der Waals surface area contributed by atoms with E-state index in [1.807, 2.05) is 0 Å². The van der Waals surface area contributed by atoms with Crippen LogP contribution in [0.2, 0.25) is 0 Å². The predicted octanol–water partition coefficient (Wildman–Crippen LogP) is 9.77. The van der Waals surface area contributed by atoms with E-state index in [0.717, 1.165) is 32.1 Å². The summed E-state index contributed by atoms with van der Waals surface area (Å²) in [6.45, 7) is 7.64. The quantitative estimate of drug-likeness (QED) is 0.0409. The van der Waals surface area contributed by atoms with Crippen LogP contribution in [0.5, 0.6) is 0 Å². The van der Waals surface area contributed by atoms with Gasteiger partial charge in [-0.2, -0.15) is 0 Å². The van der Waals surface area contributed by atoms with Crippen LogP contribution in [0.15, 0.2) is 12.2 Å². The number of hydrogen-bond donors (Lipinski definition) is 3. The van der Waals surface area contributed by atoms with Crippen LogP contribution in [0.1, 0.15) is 175 Å². The first kappa shape index (κ1) is 41.1. The Balaban J connectivity index is 4.35. The van der Waals surface area contributed by atoms with Gasteiger partial charge in [-0.05, 0) is 38.5 Å². The summed E-state index contributed by atoms with van der Waals surface area (Å²) < 4.78 is -0.414. The fourth-order valence-corrected chi connectivity index (χ4v) is 6.97. The highest BCUT2D eigenvalue weighted by Gasteiger charge is 2.55. The lowest BCUT2D eigenvalue weighted by Crippen LogP contribution is -2.72. The Morgan fingerprint density at radius 3 is 1.02 bits per heavy atom. The molecule has 3 N–H and O–H groups in total. The molecule has 7 nitrogen and oxygen atoms in total. The minimum Gasteiger partial charge on any atom is -0.477 e. The van der Waals surface area contributed by atoms with E-state index in [-0.39, 0.29) is 25.8 Å². The lowest BCUT2D eigenvalue weighted by Gasteiger charge is -2.49. The number of carboxylic acids is 3. The van der Waals surface area contributed by atoms with Crippen LogP contribution in [-0.2, 0) is 14.4 Å². The van der Waals surface area contributed by atoms with E-state index in [0.29, 0.717) is 6.42 Å². The van der Waals surface area contributed by atoms with Crippen LogP contribution in [0.4, 0.5) is 0 Å². The van der Waals surface area contributed by atoms with E-state index in [4.69, 9.17) is 0 Å². The van der Waals surface area contributed by atoms with Crippen LogP contribution in [0.3, 0.4) is 0 Å². The fraction of sp³-hybridized carbons (Fsp3) is 0.861. The third-order valence-corrected chi connectivity index (χ3v) is 9.31. The lowest BCUT2D eigenvalue weighted by molar-refractivity contribution is -0.973. The van der Waals surface area contributed by atoms with E-state index in [2.05, 4.69) is 19.1 Å². The highest BCUT2D eigenvalue weighted by molar-refractivity contribution is 5.78. The van der Waals surface area contributed by atoms with Crippen LogP contribution < -0.4 is 0 Å². The summed E-state index contributed by atoms with van der Waals surface area (Å²) in [4.78, 5) is 36.8. The highest BCUT2D eigenvalue weighted by Crippen LogP contribution is 2.32. The van der Waals surface area contributed by atoms with Gasteiger partial charge in [0.15, 0.2) is 18.1 Å². The minimum absolute atomic E-state index is 0.187. The molecule has 0 aliphatic heterocycles. The number of carboxylic acid groups (broad SMARTS) is 3. The Morgan fingerprint density at radius 2 is 0.744 bits per heavy atom. The summed E-state index contributed by atoms with van der Waals surface area (Å²) in [7, 11) is 0. The van der Waals surface area contributed by atoms with E-state index < -0.39 is 40.5 Å². The van der Waals surface area contributed by atoms with Gasteiger partial charge in [0.2, 0.25) is 0 Å². The molecule has 0 amide bonds. The zero-order valence-electron chi connectivity index (χ0n) is 28.4. The topological polar surface area (TPSA) is 112 Å². The number of rotatable bonds is 31. The number of hydrogen-bond acceptors (Lipinski definition) is 3. The normalized spacial score (nSPS) is 15.3. The molecular formula is C36H68NO6+. The van der Waals surface area contributed by atoms with Crippen molar-refractivity contribution in [2.24, 2.45) is 0 Å². The average Bonchev–Trinajstić information content (AvgIpc) is 2.96. The molecule has 0 spiro atoms. The van der Waals surface area contributed by atoms with Crippen molar-refractivity contribution in [1.82, 2.24) is 0 Å². The van der Waals surface area contributed by atoms with Gasteiger partial charge in [-0.3, -0.25) is 4.48 Å². The molecule has 0 aromatic rings. The van der Waals surface area contributed by atoms with Crippen molar-refractivity contribution < 1.29 is 34.2 Å². The maximum Gasteiger partial charge on any atom is 0.362 e. The molecule has 7 heteroatoms. The molecule has 0 aliphatic carbocycles. The molecule has 0 aliphatic rings. The SMILES string of the molecule is CCCCCCCCCCCCCCCC/C=C/CCCCCC[N+](C(CC)C(=O)O)(C(CC)C(=O)O)C(CC)C(=O)O. The van der Waals surface area contributed by atoms with Gasteiger partial charge >= 0.3 is 17.9 Å². The number of aliphatic carboxylic acids is 3.